The molecule has 0 spiro atoms. The van der Waals surface area contributed by atoms with E-state index in [1.165, 1.54) is 0 Å². The maximum absolute atomic E-state index is 12.1. The summed E-state index contributed by atoms with van der Waals surface area (Å²) in [5.74, 6) is 0.851. The van der Waals surface area contributed by atoms with Crippen molar-refractivity contribution in [2.75, 3.05) is 0 Å². The second kappa shape index (κ2) is 4.44. The van der Waals surface area contributed by atoms with Gasteiger partial charge in [-0.05, 0) is 37.3 Å². The van der Waals surface area contributed by atoms with Gasteiger partial charge in [0.15, 0.2) is 5.76 Å². The lowest BCUT2D eigenvalue weighted by atomic mass is 10.1. The van der Waals surface area contributed by atoms with Crippen molar-refractivity contribution >= 4 is 33.3 Å². The van der Waals surface area contributed by atoms with Crippen molar-refractivity contribution in [2.24, 2.45) is 0 Å². The Balaban J connectivity index is 2.45. The number of ketones is 1. The minimum atomic E-state index is -0.178. The predicted molar refractivity (Wildman–Crippen MR) is 66.0 cm³/mol. The molecule has 0 amide bonds. The number of hydrogen-bond acceptors (Lipinski definition) is 2. The normalized spacial score (nSPS) is 10.4. The number of hydrogen-bond donors (Lipinski definition) is 0. The highest BCUT2D eigenvalue weighted by atomic mass is 79.9. The summed E-state index contributed by atoms with van der Waals surface area (Å²) in [7, 11) is 0. The summed E-state index contributed by atoms with van der Waals surface area (Å²) in [6.45, 7) is 1.80. The average molecular weight is 300 g/mol. The van der Waals surface area contributed by atoms with Crippen LogP contribution in [0.5, 0.6) is 0 Å². The monoisotopic (exact) mass is 298 g/mol. The van der Waals surface area contributed by atoms with Crippen LogP contribution in [0.2, 0.25) is 5.02 Å². The molecular formula is C12H8BrClO2. The summed E-state index contributed by atoms with van der Waals surface area (Å²) in [6, 6.07) is 8.49. The Morgan fingerprint density at radius 3 is 2.69 bits per heavy atom. The first-order valence-electron chi connectivity index (χ1n) is 4.64. The Hall–Kier alpha value is -1.06. The molecule has 0 aliphatic rings. The standard InChI is InChI=1S/C12H8BrClO2/c1-7-2-5-11(16-7)12(15)9-6-8(14)3-4-10(9)13/h2-6H,1H3. The van der Waals surface area contributed by atoms with Crippen LogP contribution in [0.1, 0.15) is 21.9 Å². The third-order valence-electron chi connectivity index (χ3n) is 2.14. The molecule has 2 nitrogen and oxygen atoms in total. The van der Waals surface area contributed by atoms with E-state index >= 15 is 0 Å². The topological polar surface area (TPSA) is 30.2 Å². The summed E-state index contributed by atoms with van der Waals surface area (Å²) < 4.78 is 5.99. The van der Waals surface area contributed by atoms with Crippen molar-refractivity contribution in [2.45, 2.75) is 6.92 Å². The summed E-state index contributed by atoms with van der Waals surface area (Å²) >= 11 is 9.16. The van der Waals surface area contributed by atoms with Crippen molar-refractivity contribution in [1.82, 2.24) is 0 Å². The van der Waals surface area contributed by atoms with Gasteiger partial charge < -0.3 is 4.42 Å². The molecule has 0 unspecified atom stereocenters. The fourth-order valence-electron chi connectivity index (χ4n) is 1.36. The molecule has 4 heteroatoms. The summed E-state index contributed by atoms with van der Waals surface area (Å²) in [5.41, 5.74) is 0.502. The zero-order chi connectivity index (χ0) is 11.7. The van der Waals surface area contributed by atoms with E-state index in [-0.39, 0.29) is 5.78 Å². The van der Waals surface area contributed by atoms with Crippen molar-refractivity contribution in [1.29, 1.82) is 0 Å². The average Bonchev–Trinajstić information content (AvgIpc) is 2.67. The van der Waals surface area contributed by atoms with Gasteiger partial charge >= 0.3 is 0 Å². The van der Waals surface area contributed by atoms with E-state index in [9.17, 15) is 4.79 Å². The third-order valence-corrected chi connectivity index (χ3v) is 3.06. The van der Waals surface area contributed by atoms with Gasteiger partial charge in [-0.15, -0.1) is 0 Å². The zero-order valence-electron chi connectivity index (χ0n) is 8.46. The van der Waals surface area contributed by atoms with Crippen LogP contribution >= 0.6 is 27.5 Å². The SMILES string of the molecule is Cc1ccc(C(=O)c2cc(Cl)ccc2Br)o1. The smallest absolute Gasteiger partial charge is 0.229 e. The minimum Gasteiger partial charge on any atom is -0.458 e. The molecule has 82 valence electrons. The molecule has 0 N–H and O–H groups in total. The van der Waals surface area contributed by atoms with Gasteiger partial charge in [0.05, 0.1) is 0 Å². The molecule has 2 rings (SSSR count). The highest BCUT2D eigenvalue weighted by molar-refractivity contribution is 9.10. The number of aryl methyl sites for hydroxylation is 1. The largest absolute Gasteiger partial charge is 0.458 e. The van der Waals surface area contributed by atoms with Gasteiger partial charge in [0.1, 0.15) is 5.76 Å². The van der Waals surface area contributed by atoms with Gasteiger partial charge in [-0.25, -0.2) is 0 Å². The highest BCUT2D eigenvalue weighted by Gasteiger charge is 2.16. The van der Waals surface area contributed by atoms with Crippen molar-refractivity contribution < 1.29 is 9.21 Å². The lowest BCUT2D eigenvalue weighted by Gasteiger charge is -2.01. The predicted octanol–water partition coefficient (Wildman–Crippen LogP) is 4.23. The van der Waals surface area contributed by atoms with Crippen LogP contribution in [0.3, 0.4) is 0 Å². The number of halogens is 2. The van der Waals surface area contributed by atoms with Gasteiger partial charge in [-0.2, -0.15) is 0 Å². The first-order chi connectivity index (χ1) is 7.58. The second-order valence-corrected chi connectivity index (χ2v) is 4.65. The molecule has 16 heavy (non-hydrogen) atoms. The van der Waals surface area contributed by atoms with Gasteiger partial charge in [0, 0.05) is 15.1 Å². The molecule has 0 atom stereocenters. The fourth-order valence-corrected chi connectivity index (χ4v) is 1.96. The van der Waals surface area contributed by atoms with Crippen LogP contribution in [-0.2, 0) is 0 Å². The van der Waals surface area contributed by atoms with Crippen molar-refractivity contribution in [3.05, 3.63) is 56.9 Å². The Morgan fingerprint density at radius 2 is 2.06 bits per heavy atom. The van der Waals surface area contributed by atoms with Gasteiger partial charge in [0.25, 0.3) is 0 Å². The first kappa shape index (κ1) is 11.4. The van der Waals surface area contributed by atoms with Crippen LogP contribution in [0.4, 0.5) is 0 Å². The number of carbonyl (C=O) groups is 1. The van der Waals surface area contributed by atoms with Crippen molar-refractivity contribution in [3.8, 4) is 0 Å². The molecule has 0 radical (unpaired) electrons. The Morgan fingerprint density at radius 1 is 1.31 bits per heavy atom. The number of carbonyl (C=O) groups excluding carboxylic acids is 1. The molecule has 0 fully saturated rings. The quantitative estimate of drug-likeness (QED) is 0.777. The number of benzene rings is 1. The molecule has 0 aliphatic carbocycles. The number of rotatable bonds is 2. The van der Waals surface area contributed by atoms with E-state index in [1.807, 2.05) is 0 Å². The maximum Gasteiger partial charge on any atom is 0.229 e. The van der Waals surface area contributed by atoms with Crippen LogP contribution < -0.4 is 0 Å². The molecule has 0 bridgehead atoms. The summed E-state index contributed by atoms with van der Waals surface area (Å²) in [5, 5.41) is 0.523. The van der Waals surface area contributed by atoms with Crippen molar-refractivity contribution in [3.63, 3.8) is 0 Å². The van der Waals surface area contributed by atoms with Crippen LogP contribution in [0, 0.1) is 6.92 Å². The Bertz CT molecular complexity index is 546. The molecule has 0 saturated heterocycles. The minimum absolute atomic E-state index is 0.178. The molecule has 0 aliphatic heterocycles. The van der Waals surface area contributed by atoms with E-state index in [0.29, 0.717) is 26.6 Å². The molecular weight excluding hydrogens is 291 g/mol. The Labute approximate surface area is 106 Å². The lowest BCUT2D eigenvalue weighted by molar-refractivity contribution is 0.101. The van der Waals surface area contributed by atoms with Crippen LogP contribution in [0.25, 0.3) is 0 Å². The van der Waals surface area contributed by atoms with E-state index in [2.05, 4.69) is 15.9 Å². The number of furan rings is 1. The molecule has 1 aromatic heterocycles. The summed E-state index contributed by atoms with van der Waals surface area (Å²) in [6.07, 6.45) is 0. The van der Waals surface area contributed by atoms with Gasteiger partial charge in [-0.1, -0.05) is 27.5 Å². The van der Waals surface area contributed by atoms with Crippen LogP contribution in [0.15, 0.2) is 39.2 Å². The third kappa shape index (κ3) is 2.20. The molecule has 2 aromatic rings. The zero-order valence-corrected chi connectivity index (χ0v) is 10.8. The van der Waals surface area contributed by atoms with E-state index in [0.717, 1.165) is 0 Å². The van der Waals surface area contributed by atoms with E-state index in [1.54, 1.807) is 37.3 Å². The van der Waals surface area contributed by atoms with Gasteiger partial charge in [0.2, 0.25) is 5.78 Å². The van der Waals surface area contributed by atoms with E-state index in [4.69, 9.17) is 16.0 Å². The lowest BCUT2D eigenvalue weighted by Crippen LogP contribution is -2.00. The van der Waals surface area contributed by atoms with Gasteiger partial charge in [-0.3, -0.25) is 4.79 Å². The van der Waals surface area contributed by atoms with Crippen LogP contribution in [-0.4, -0.2) is 5.78 Å². The molecule has 1 aromatic carbocycles. The maximum atomic E-state index is 12.1. The molecule has 0 saturated carbocycles. The summed E-state index contributed by atoms with van der Waals surface area (Å²) in [4.78, 5) is 12.1. The first-order valence-corrected chi connectivity index (χ1v) is 5.81. The Kier molecular flexibility index (Phi) is 3.17. The second-order valence-electron chi connectivity index (χ2n) is 3.36. The molecule has 1 heterocycles. The van der Waals surface area contributed by atoms with E-state index < -0.39 is 0 Å². The highest BCUT2D eigenvalue weighted by Crippen LogP contribution is 2.24. The fraction of sp³-hybridized carbons (Fsp3) is 0.0833.